The van der Waals surface area contributed by atoms with Gasteiger partial charge in [0.2, 0.25) is 0 Å². The van der Waals surface area contributed by atoms with Gasteiger partial charge in [0, 0.05) is 14.7 Å². The summed E-state index contributed by atoms with van der Waals surface area (Å²) in [7, 11) is 0. The summed E-state index contributed by atoms with van der Waals surface area (Å²) >= 11 is 5.07. The van der Waals surface area contributed by atoms with Crippen LogP contribution in [0.15, 0.2) is 40.2 Å². The summed E-state index contributed by atoms with van der Waals surface area (Å²) in [6.45, 7) is 2.30. The van der Waals surface area contributed by atoms with Crippen molar-refractivity contribution in [1.82, 2.24) is 0 Å². The number of halogens is 1. The second-order valence-corrected chi connectivity index (χ2v) is 5.68. The second-order valence-electron chi connectivity index (χ2n) is 3.77. The summed E-state index contributed by atoms with van der Waals surface area (Å²) in [5, 5.41) is 11.5. The molecule has 2 nitrogen and oxygen atoms in total. The normalized spacial score (nSPS) is 12.4. The number of thiophene rings is 1. The second kappa shape index (κ2) is 5.67. The lowest BCUT2D eigenvalue weighted by Crippen LogP contribution is -1.95. The van der Waals surface area contributed by atoms with Crippen LogP contribution in [0.1, 0.15) is 23.5 Å². The topological polar surface area (TPSA) is 29.5 Å². The van der Waals surface area contributed by atoms with Crippen molar-refractivity contribution in [3.63, 3.8) is 0 Å². The maximum Gasteiger partial charge on any atom is 0.122 e. The standard InChI is InChI=1S/C13H13BrO2S/c1-9(15)10-3-2-4-12(5-10)16-7-13-6-11(14)8-17-13/h2-6,8-9,15H,7H2,1H3. The molecule has 90 valence electrons. The highest BCUT2D eigenvalue weighted by Crippen LogP contribution is 2.23. The third-order valence-corrected chi connectivity index (χ3v) is 4.01. The van der Waals surface area contributed by atoms with Gasteiger partial charge in [0.15, 0.2) is 0 Å². The molecule has 0 aliphatic heterocycles. The Kier molecular flexibility index (Phi) is 4.20. The zero-order chi connectivity index (χ0) is 12.3. The molecule has 0 saturated heterocycles. The van der Waals surface area contributed by atoms with Crippen LogP contribution in [0.2, 0.25) is 0 Å². The van der Waals surface area contributed by atoms with E-state index in [1.54, 1.807) is 18.3 Å². The van der Waals surface area contributed by atoms with Gasteiger partial charge in [0.25, 0.3) is 0 Å². The molecule has 0 amide bonds. The number of aliphatic hydroxyl groups excluding tert-OH is 1. The molecule has 0 bridgehead atoms. The van der Waals surface area contributed by atoms with E-state index in [2.05, 4.69) is 15.9 Å². The van der Waals surface area contributed by atoms with Crippen molar-refractivity contribution in [3.8, 4) is 5.75 Å². The molecule has 2 aromatic rings. The van der Waals surface area contributed by atoms with E-state index in [1.165, 1.54) is 4.88 Å². The first kappa shape index (κ1) is 12.6. The minimum atomic E-state index is -0.463. The molecule has 0 fully saturated rings. The summed E-state index contributed by atoms with van der Waals surface area (Å²) in [5.74, 6) is 0.785. The highest BCUT2D eigenvalue weighted by atomic mass is 79.9. The highest BCUT2D eigenvalue weighted by molar-refractivity contribution is 9.10. The van der Waals surface area contributed by atoms with Crippen molar-refractivity contribution in [1.29, 1.82) is 0 Å². The fourth-order valence-corrected chi connectivity index (χ4v) is 2.81. The minimum Gasteiger partial charge on any atom is -0.488 e. The highest BCUT2D eigenvalue weighted by Gasteiger charge is 2.03. The van der Waals surface area contributed by atoms with Crippen molar-refractivity contribution in [2.75, 3.05) is 0 Å². The van der Waals surface area contributed by atoms with Crippen LogP contribution in [0.4, 0.5) is 0 Å². The lowest BCUT2D eigenvalue weighted by atomic mass is 10.1. The molecule has 1 unspecified atom stereocenters. The van der Waals surface area contributed by atoms with Gasteiger partial charge in [0.05, 0.1) is 6.10 Å². The maximum absolute atomic E-state index is 9.48. The van der Waals surface area contributed by atoms with Crippen LogP contribution >= 0.6 is 27.3 Å². The van der Waals surface area contributed by atoms with E-state index in [1.807, 2.05) is 35.7 Å². The number of hydrogen-bond acceptors (Lipinski definition) is 3. The summed E-state index contributed by atoms with van der Waals surface area (Å²) in [6.07, 6.45) is -0.463. The van der Waals surface area contributed by atoms with Gasteiger partial charge in [0.1, 0.15) is 12.4 Å². The first-order chi connectivity index (χ1) is 8.15. The molecule has 1 aromatic heterocycles. The molecular formula is C13H13BrO2S. The Morgan fingerprint density at radius 3 is 2.88 bits per heavy atom. The molecule has 17 heavy (non-hydrogen) atoms. The smallest absolute Gasteiger partial charge is 0.122 e. The molecule has 0 spiro atoms. The Bertz CT molecular complexity index is 494. The van der Waals surface area contributed by atoms with E-state index >= 15 is 0 Å². The fraction of sp³-hybridized carbons (Fsp3) is 0.231. The largest absolute Gasteiger partial charge is 0.488 e. The van der Waals surface area contributed by atoms with E-state index in [4.69, 9.17) is 4.74 Å². The first-order valence-electron chi connectivity index (χ1n) is 5.29. The Balaban J connectivity index is 2.01. The van der Waals surface area contributed by atoms with Crippen molar-refractivity contribution < 1.29 is 9.84 Å². The molecule has 0 aliphatic carbocycles. The van der Waals surface area contributed by atoms with Crippen LogP contribution < -0.4 is 4.74 Å². The summed E-state index contributed by atoms with van der Waals surface area (Å²) in [5.41, 5.74) is 0.870. The van der Waals surface area contributed by atoms with Gasteiger partial charge in [-0.15, -0.1) is 11.3 Å². The number of ether oxygens (including phenoxy) is 1. The lowest BCUT2D eigenvalue weighted by Gasteiger charge is -2.08. The Morgan fingerprint density at radius 2 is 2.24 bits per heavy atom. The Hall–Kier alpha value is -0.840. The van der Waals surface area contributed by atoms with Crippen LogP contribution in [0.5, 0.6) is 5.75 Å². The van der Waals surface area contributed by atoms with Crippen molar-refractivity contribution >= 4 is 27.3 Å². The van der Waals surface area contributed by atoms with Gasteiger partial charge in [-0.2, -0.15) is 0 Å². The third-order valence-electron chi connectivity index (χ3n) is 2.34. The molecule has 2 rings (SSSR count). The number of aliphatic hydroxyl groups is 1. The van der Waals surface area contributed by atoms with Crippen LogP contribution in [0.25, 0.3) is 0 Å². The number of hydrogen-bond donors (Lipinski definition) is 1. The third kappa shape index (κ3) is 3.56. The van der Waals surface area contributed by atoms with E-state index < -0.39 is 6.10 Å². The average Bonchev–Trinajstić information content (AvgIpc) is 2.73. The Morgan fingerprint density at radius 1 is 1.41 bits per heavy atom. The quantitative estimate of drug-likeness (QED) is 0.919. The SMILES string of the molecule is CC(O)c1cccc(OCc2cc(Br)cs2)c1. The van der Waals surface area contributed by atoms with Gasteiger partial charge in [-0.05, 0) is 46.6 Å². The molecule has 1 aromatic carbocycles. The molecule has 0 radical (unpaired) electrons. The van der Waals surface area contributed by atoms with E-state index in [-0.39, 0.29) is 0 Å². The zero-order valence-electron chi connectivity index (χ0n) is 9.39. The van der Waals surface area contributed by atoms with Crippen LogP contribution in [-0.4, -0.2) is 5.11 Å². The zero-order valence-corrected chi connectivity index (χ0v) is 11.8. The van der Waals surface area contributed by atoms with Gasteiger partial charge < -0.3 is 9.84 Å². The van der Waals surface area contributed by atoms with E-state index in [9.17, 15) is 5.11 Å². The number of benzene rings is 1. The maximum atomic E-state index is 9.48. The van der Waals surface area contributed by atoms with Gasteiger partial charge in [-0.1, -0.05) is 12.1 Å². The summed E-state index contributed by atoms with van der Waals surface area (Å²) in [4.78, 5) is 1.17. The van der Waals surface area contributed by atoms with Crippen LogP contribution in [-0.2, 0) is 6.61 Å². The molecule has 0 saturated carbocycles. The van der Waals surface area contributed by atoms with Crippen molar-refractivity contribution in [2.45, 2.75) is 19.6 Å². The minimum absolute atomic E-state index is 0.463. The average molecular weight is 313 g/mol. The molecule has 1 N–H and O–H groups in total. The summed E-state index contributed by atoms with van der Waals surface area (Å²) in [6, 6.07) is 9.59. The molecule has 0 aliphatic rings. The van der Waals surface area contributed by atoms with Crippen LogP contribution in [0, 0.1) is 0 Å². The predicted molar refractivity (Wildman–Crippen MR) is 73.4 cm³/mol. The van der Waals surface area contributed by atoms with E-state index in [0.717, 1.165) is 15.8 Å². The Labute approximate surface area is 113 Å². The molecular weight excluding hydrogens is 300 g/mol. The molecule has 1 heterocycles. The van der Waals surface area contributed by atoms with Gasteiger partial charge in [-0.25, -0.2) is 0 Å². The molecule has 4 heteroatoms. The lowest BCUT2D eigenvalue weighted by molar-refractivity contribution is 0.198. The predicted octanol–water partition coefficient (Wildman–Crippen LogP) is 4.14. The fourth-order valence-electron chi connectivity index (χ4n) is 1.45. The van der Waals surface area contributed by atoms with Crippen molar-refractivity contribution in [3.05, 3.63) is 50.6 Å². The van der Waals surface area contributed by atoms with Gasteiger partial charge in [-0.3, -0.25) is 0 Å². The molecule has 1 atom stereocenters. The monoisotopic (exact) mass is 312 g/mol. The van der Waals surface area contributed by atoms with E-state index in [0.29, 0.717) is 6.61 Å². The number of rotatable bonds is 4. The van der Waals surface area contributed by atoms with Crippen LogP contribution in [0.3, 0.4) is 0 Å². The van der Waals surface area contributed by atoms with Gasteiger partial charge >= 0.3 is 0 Å². The van der Waals surface area contributed by atoms with Crippen molar-refractivity contribution in [2.24, 2.45) is 0 Å². The first-order valence-corrected chi connectivity index (χ1v) is 6.96. The summed E-state index contributed by atoms with van der Waals surface area (Å²) < 4.78 is 6.76.